The van der Waals surface area contributed by atoms with Gasteiger partial charge in [-0.1, -0.05) is 71.9 Å². The maximum absolute atomic E-state index is 7.27. The van der Waals surface area contributed by atoms with E-state index in [4.69, 9.17) is 18.6 Å². The van der Waals surface area contributed by atoms with Gasteiger partial charge in [0.2, 0.25) is 8.32 Å². The van der Waals surface area contributed by atoms with Crippen LogP contribution >= 0.6 is 0 Å². The summed E-state index contributed by atoms with van der Waals surface area (Å²) in [6, 6.07) is 10.8. The highest BCUT2D eigenvalue weighted by Gasteiger charge is 2.55. The normalized spacial score (nSPS) is 29.0. The zero-order valence-electron chi connectivity index (χ0n) is 21.6. The van der Waals surface area contributed by atoms with E-state index in [0.29, 0.717) is 23.2 Å². The van der Waals surface area contributed by atoms with Crippen molar-refractivity contribution < 1.29 is 18.6 Å². The highest BCUT2D eigenvalue weighted by molar-refractivity contribution is 6.77. The molecule has 5 nitrogen and oxygen atoms in total. The number of nitrogens with zero attached hydrogens (tertiary/aromatic N) is 1. The maximum atomic E-state index is 7.27. The first-order valence-electron chi connectivity index (χ1n) is 12.3. The Labute approximate surface area is 196 Å². The Morgan fingerprint density at radius 3 is 2.09 bits per heavy atom. The molecule has 3 rings (SSSR count). The number of hydrogen-bond donors (Lipinski definition) is 0. The van der Waals surface area contributed by atoms with Crippen LogP contribution in [0.4, 0.5) is 0 Å². The van der Waals surface area contributed by atoms with E-state index in [1.807, 2.05) is 21.0 Å². The Kier molecular flexibility index (Phi) is 8.27. The lowest BCUT2D eigenvalue weighted by Gasteiger charge is -2.45. The minimum Gasteiger partial charge on any atom is -0.409 e. The zero-order chi connectivity index (χ0) is 23.7. The average Bonchev–Trinajstić information content (AvgIpc) is 3.24. The SMILES string of the molecule is CO[C@@H]1[C@@H]([C@H]2COC(C)(C)O2)N(Cc2ccccc2)C[C@H]1O[Si](C(C)C)(C(C)C)C(C)C. The monoisotopic (exact) mass is 463 g/mol. The van der Waals surface area contributed by atoms with Crippen LogP contribution in [0.1, 0.15) is 61.0 Å². The zero-order valence-corrected chi connectivity index (χ0v) is 22.6. The molecular weight excluding hydrogens is 418 g/mol. The van der Waals surface area contributed by atoms with Gasteiger partial charge in [0.25, 0.3) is 0 Å². The highest BCUT2D eigenvalue weighted by Crippen LogP contribution is 2.45. The molecule has 0 saturated carbocycles. The smallest absolute Gasteiger partial charge is 0.200 e. The molecule has 182 valence electrons. The van der Waals surface area contributed by atoms with Gasteiger partial charge in [-0.25, -0.2) is 0 Å². The Morgan fingerprint density at radius 2 is 1.62 bits per heavy atom. The van der Waals surface area contributed by atoms with E-state index in [0.717, 1.165) is 13.1 Å². The van der Waals surface area contributed by atoms with Gasteiger partial charge in [-0.15, -0.1) is 0 Å². The summed E-state index contributed by atoms with van der Waals surface area (Å²) in [6.07, 6.45) is -0.0651. The Morgan fingerprint density at radius 1 is 1.03 bits per heavy atom. The van der Waals surface area contributed by atoms with Crippen LogP contribution in [-0.2, 0) is 25.2 Å². The Bertz CT molecular complexity index is 702. The first-order chi connectivity index (χ1) is 15.0. The predicted molar refractivity (Wildman–Crippen MR) is 132 cm³/mol. The van der Waals surface area contributed by atoms with Crippen molar-refractivity contribution in [2.24, 2.45) is 0 Å². The third-order valence-electron chi connectivity index (χ3n) is 7.51. The van der Waals surface area contributed by atoms with Crippen LogP contribution in [-0.4, -0.2) is 63.6 Å². The molecule has 0 amide bonds. The van der Waals surface area contributed by atoms with Gasteiger partial charge in [0.1, 0.15) is 12.2 Å². The molecule has 1 aromatic rings. The molecule has 0 aromatic heterocycles. The molecule has 1 aromatic carbocycles. The number of hydrogen-bond acceptors (Lipinski definition) is 5. The largest absolute Gasteiger partial charge is 0.409 e. The Balaban J connectivity index is 1.93. The summed E-state index contributed by atoms with van der Waals surface area (Å²) in [4.78, 5) is 2.50. The molecule has 0 spiro atoms. The Hall–Kier alpha value is -0.763. The molecule has 2 saturated heterocycles. The number of methoxy groups -OCH3 is 1. The fourth-order valence-electron chi connectivity index (χ4n) is 6.27. The summed E-state index contributed by atoms with van der Waals surface area (Å²) in [5, 5.41) is 0. The van der Waals surface area contributed by atoms with E-state index >= 15 is 0 Å². The maximum Gasteiger partial charge on any atom is 0.200 e. The third-order valence-corrected chi connectivity index (χ3v) is 13.6. The lowest BCUT2D eigenvalue weighted by Crippen LogP contribution is -2.53. The molecule has 6 heteroatoms. The lowest BCUT2D eigenvalue weighted by atomic mass is 10.0. The van der Waals surface area contributed by atoms with Crippen molar-refractivity contribution in [1.82, 2.24) is 4.90 Å². The van der Waals surface area contributed by atoms with Gasteiger partial charge in [-0.2, -0.15) is 0 Å². The summed E-state index contributed by atoms with van der Waals surface area (Å²) in [5.74, 6) is -0.563. The second kappa shape index (κ2) is 10.2. The topological polar surface area (TPSA) is 40.2 Å². The minimum absolute atomic E-state index is 0.0277. The molecule has 2 aliphatic heterocycles. The number of rotatable bonds is 9. The average molecular weight is 464 g/mol. The van der Waals surface area contributed by atoms with Gasteiger partial charge in [-0.3, -0.25) is 4.90 Å². The highest BCUT2D eigenvalue weighted by atomic mass is 28.4. The quantitative estimate of drug-likeness (QED) is 0.446. The van der Waals surface area contributed by atoms with Crippen molar-refractivity contribution in [2.45, 2.75) is 109 Å². The first-order valence-corrected chi connectivity index (χ1v) is 14.5. The fourth-order valence-corrected chi connectivity index (χ4v) is 11.8. The molecule has 0 bridgehead atoms. The molecule has 0 radical (unpaired) electrons. The second-order valence-electron chi connectivity index (χ2n) is 10.9. The van der Waals surface area contributed by atoms with Crippen molar-refractivity contribution in [3.05, 3.63) is 35.9 Å². The molecular formula is C26H45NO4Si. The van der Waals surface area contributed by atoms with Crippen LogP contribution in [0.15, 0.2) is 30.3 Å². The van der Waals surface area contributed by atoms with Gasteiger partial charge in [0.15, 0.2) is 5.79 Å². The van der Waals surface area contributed by atoms with Crippen LogP contribution in [0.25, 0.3) is 0 Å². The van der Waals surface area contributed by atoms with E-state index in [1.54, 1.807) is 0 Å². The summed E-state index contributed by atoms with van der Waals surface area (Å²) in [6.45, 7) is 20.3. The van der Waals surface area contributed by atoms with Crippen LogP contribution < -0.4 is 0 Å². The summed E-state index contributed by atoms with van der Waals surface area (Å²) >= 11 is 0. The lowest BCUT2D eigenvalue weighted by molar-refractivity contribution is -0.151. The van der Waals surface area contributed by atoms with Gasteiger partial charge >= 0.3 is 0 Å². The second-order valence-corrected chi connectivity index (χ2v) is 16.4. The number of benzene rings is 1. The van der Waals surface area contributed by atoms with Crippen LogP contribution in [0.3, 0.4) is 0 Å². The molecule has 0 aliphatic carbocycles. The number of ether oxygens (including phenoxy) is 3. The standard InChI is InChI=1S/C26H45NO4Si/c1-18(2)32(19(3)4,20(5)6)31-22-16-27(15-21-13-11-10-12-14-21)24(25(22)28-9)23-17-29-26(7,8)30-23/h10-14,18-20,22-25H,15-17H2,1-9H3/t22-,23-,24-,25+/m1/s1. The molecule has 0 unspecified atom stereocenters. The summed E-state index contributed by atoms with van der Waals surface area (Å²) in [7, 11) is -0.225. The van der Waals surface area contributed by atoms with Crippen molar-refractivity contribution in [1.29, 1.82) is 0 Å². The first kappa shape index (κ1) is 25.9. The van der Waals surface area contributed by atoms with Crippen molar-refractivity contribution in [2.75, 3.05) is 20.3 Å². The number of likely N-dealkylation sites (tertiary alicyclic amines) is 1. The molecule has 0 N–H and O–H groups in total. The third kappa shape index (κ3) is 5.16. The molecule has 2 heterocycles. The van der Waals surface area contributed by atoms with Crippen LogP contribution in [0.2, 0.25) is 16.6 Å². The van der Waals surface area contributed by atoms with Crippen molar-refractivity contribution >= 4 is 8.32 Å². The van der Waals surface area contributed by atoms with Crippen molar-refractivity contribution in [3.63, 3.8) is 0 Å². The molecule has 2 aliphatic rings. The predicted octanol–water partition coefficient (Wildman–Crippen LogP) is 5.60. The summed E-state index contributed by atoms with van der Waals surface area (Å²) in [5.41, 5.74) is 2.90. The molecule has 2 fully saturated rings. The minimum atomic E-state index is -2.05. The fraction of sp³-hybridized carbons (Fsp3) is 0.769. The molecule has 4 atom stereocenters. The van der Waals surface area contributed by atoms with Gasteiger partial charge < -0.3 is 18.6 Å². The van der Waals surface area contributed by atoms with Gasteiger partial charge in [0.05, 0.1) is 18.8 Å². The van der Waals surface area contributed by atoms with E-state index in [2.05, 4.69) is 76.8 Å². The van der Waals surface area contributed by atoms with Crippen molar-refractivity contribution in [3.8, 4) is 0 Å². The van der Waals surface area contributed by atoms with E-state index in [1.165, 1.54) is 5.56 Å². The summed E-state index contributed by atoms with van der Waals surface area (Å²) < 4.78 is 25.8. The van der Waals surface area contributed by atoms with Gasteiger partial charge in [0, 0.05) is 20.2 Å². The van der Waals surface area contributed by atoms with E-state index < -0.39 is 14.1 Å². The molecule has 32 heavy (non-hydrogen) atoms. The van der Waals surface area contributed by atoms with E-state index in [-0.39, 0.29) is 24.4 Å². The van der Waals surface area contributed by atoms with Crippen LogP contribution in [0.5, 0.6) is 0 Å². The van der Waals surface area contributed by atoms with E-state index in [9.17, 15) is 0 Å². The van der Waals surface area contributed by atoms with Crippen LogP contribution in [0, 0.1) is 0 Å². The van der Waals surface area contributed by atoms with Gasteiger partial charge in [-0.05, 0) is 36.0 Å².